The number of nitrogens with zero attached hydrogens (tertiary/aromatic N) is 1. The molecule has 0 saturated heterocycles. The van der Waals surface area contributed by atoms with Gasteiger partial charge >= 0.3 is 0 Å². The van der Waals surface area contributed by atoms with Crippen molar-refractivity contribution in [2.24, 2.45) is 5.73 Å². The molecule has 3 heteroatoms. The van der Waals surface area contributed by atoms with E-state index in [9.17, 15) is 0 Å². The largest absolute Gasteiger partial charge is 0.320 e. The smallest absolute Gasteiger partial charge is 0.0708 e. The Kier molecular flexibility index (Phi) is 3.09. The van der Waals surface area contributed by atoms with Crippen molar-refractivity contribution in [3.05, 3.63) is 63.5 Å². The van der Waals surface area contributed by atoms with Crippen LogP contribution in [-0.4, -0.2) is 4.98 Å². The lowest BCUT2D eigenvalue weighted by atomic mass is 9.99. The number of pyridine rings is 1. The quantitative estimate of drug-likeness (QED) is 0.764. The molecule has 96 valence electrons. The normalized spacial score (nSPS) is 12.8. The van der Waals surface area contributed by atoms with Gasteiger partial charge in [-0.05, 0) is 48.6 Å². The molecule has 0 bridgehead atoms. The van der Waals surface area contributed by atoms with Gasteiger partial charge in [0, 0.05) is 16.0 Å². The summed E-state index contributed by atoms with van der Waals surface area (Å²) in [5.74, 6) is 0. The van der Waals surface area contributed by atoms with Crippen LogP contribution in [0.25, 0.3) is 10.9 Å². The van der Waals surface area contributed by atoms with Crippen molar-refractivity contribution in [2.45, 2.75) is 19.9 Å². The van der Waals surface area contributed by atoms with Crippen LogP contribution >= 0.6 is 11.3 Å². The minimum absolute atomic E-state index is 0.0772. The van der Waals surface area contributed by atoms with Gasteiger partial charge in [-0.3, -0.25) is 4.98 Å². The van der Waals surface area contributed by atoms with E-state index in [1.807, 2.05) is 25.1 Å². The molecule has 1 unspecified atom stereocenters. The maximum atomic E-state index is 6.48. The molecule has 3 rings (SSSR count). The lowest BCUT2D eigenvalue weighted by molar-refractivity contribution is 0.889. The summed E-state index contributed by atoms with van der Waals surface area (Å²) < 4.78 is 0. The Morgan fingerprint density at radius 1 is 1.16 bits per heavy atom. The SMILES string of the molecule is Cc1cc(C(N)c2sccc2C)c2ccccc2n1. The molecule has 3 aromatic rings. The molecule has 0 saturated carbocycles. The predicted octanol–water partition coefficient (Wildman–Crippen LogP) is 3.96. The molecule has 0 amide bonds. The van der Waals surface area contributed by atoms with Gasteiger partial charge in [-0.25, -0.2) is 0 Å². The van der Waals surface area contributed by atoms with Gasteiger partial charge in [-0.1, -0.05) is 18.2 Å². The second-order valence-electron chi connectivity index (χ2n) is 4.82. The van der Waals surface area contributed by atoms with E-state index in [2.05, 4.69) is 35.5 Å². The number of rotatable bonds is 2. The summed E-state index contributed by atoms with van der Waals surface area (Å²) in [6.45, 7) is 4.13. The van der Waals surface area contributed by atoms with Crippen molar-refractivity contribution in [1.82, 2.24) is 4.98 Å². The monoisotopic (exact) mass is 268 g/mol. The van der Waals surface area contributed by atoms with E-state index in [1.165, 1.54) is 10.4 Å². The number of aromatic nitrogens is 1. The van der Waals surface area contributed by atoms with Crippen LogP contribution in [0, 0.1) is 13.8 Å². The lowest BCUT2D eigenvalue weighted by Crippen LogP contribution is -2.12. The molecule has 2 aromatic heterocycles. The molecule has 1 aromatic carbocycles. The van der Waals surface area contributed by atoms with Gasteiger partial charge in [0.1, 0.15) is 0 Å². The zero-order chi connectivity index (χ0) is 13.4. The van der Waals surface area contributed by atoms with Crippen LogP contribution in [0.5, 0.6) is 0 Å². The Balaban J connectivity index is 2.22. The van der Waals surface area contributed by atoms with E-state index in [0.29, 0.717) is 0 Å². The molecule has 19 heavy (non-hydrogen) atoms. The van der Waals surface area contributed by atoms with Crippen LogP contribution < -0.4 is 5.73 Å². The van der Waals surface area contributed by atoms with E-state index >= 15 is 0 Å². The molecule has 1 atom stereocenters. The summed E-state index contributed by atoms with van der Waals surface area (Å²) in [6, 6.07) is 12.3. The topological polar surface area (TPSA) is 38.9 Å². The van der Waals surface area contributed by atoms with E-state index in [0.717, 1.165) is 22.2 Å². The van der Waals surface area contributed by atoms with E-state index in [4.69, 9.17) is 5.73 Å². The van der Waals surface area contributed by atoms with Gasteiger partial charge < -0.3 is 5.73 Å². The fraction of sp³-hybridized carbons (Fsp3) is 0.188. The molecule has 0 spiro atoms. The Labute approximate surface area is 116 Å². The van der Waals surface area contributed by atoms with Crippen LogP contribution in [0.3, 0.4) is 0 Å². The highest BCUT2D eigenvalue weighted by atomic mass is 32.1. The molecule has 0 aliphatic rings. The number of hydrogen-bond acceptors (Lipinski definition) is 3. The summed E-state index contributed by atoms with van der Waals surface area (Å²) in [7, 11) is 0. The fourth-order valence-electron chi connectivity index (χ4n) is 2.44. The van der Waals surface area contributed by atoms with Crippen molar-refractivity contribution in [2.75, 3.05) is 0 Å². The minimum atomic E-state index is -0.0772. The number of aryl methyl sites for hydroxylation is 2. The highest BCUT2D eigenvalue weighted by Gasteiger charge is 2.16. The third-order valence-corrected chi connectivity index (χ3v) is 4.50. The highest BCUT2D eigenvalue weighted by Crippen LogP contribution is 2.31. The standard InChI is InChI=1S/C16H16N2S/c1-10-7-8-19-16(10)15(17)13-9-11(2)18-14-6-4-3-5-12(13)14/h3-9,15H,17H2,1-2H3. The van der Waals surface area contributed by atoms with Gasteiger partial charge in [0.2, 0.25) is 0 Å². The van der Waals surface area contributed by atoms with Gasteiger partial charge in [0.25, 0.3) is 0 Å². The van der Waals surface area contributed by atoms with Crippen molar-refractivity contribution >= 4 is 22.2 Å². The number of thiophene rings is 1. The van der Waals surface area contributed by atoms with Crippen LogP contribution in [0.1, 0.15) is 27.7 Å². The Morgan fingerprint density at radius 2 is 1.95 bits per heavy atom. The average molecular weight is 268 g/mol. The van der Waals surface area contributed by atoms with Crippen LogP contribution in [0.15, 0.2) is 41.8 Å². The number of benzene rings is 1. The first kappa shape index (κ1) is 12.3. The van der Waals surface area contributed by atoms with E-state index in [-0.39, 0.29) is 6.04 Å². The molecular formula is C16H16N2S. The molecule has 0 aliphatic heterocycles. The zero-order valence-corrected chi connectivity index (χ0v) is 11.9. The Hall–Kier alpha value is -1.71. The number of nitrogens with two attached hydrogens (primary N) is 1. The summed E-state index contributed by atoms with van der Waals surface area (Å²) in [6.07, 6.45) is 0. The van der Waals surface area contributed by atoms with Crippen LogP contribution in [0.2, 0.25) is 0 Å². The van der Waals surface area contributed by atoms with Crippen LogP contribution in [0.4, 0.5) is 0 Å². The van der Waals surface area contributed by atoms with Gasteiger partial charge in [-0.2, -0.15) is 0 Å². The highest BCUT2D eigenvalue weighted by molar-refractivity contribution is 7.10. The van der Waals surface area contributed by atoms with Crippen LogP contribution in [-0.2, 0) is 0 Å². The fourth-order valence-corrected chi connectivity index (χ4v) is 3.39. The maximum absolute atomic E-state index is 6.48. The summed E-state index contributed by atoms with van der Waals surface area (Å²) in [4.78, 5) is 5.80. The molecule has 2 heterocycles. The molecule has 2 nitrogen and oxygen atoms in total. The van der Waals surface area contributed by atoms with Crippen molar-refractivity contribution < 1.29 is 0 Å². The third-order valence-electron chi connectivity index (χ3n) is 3.40. The van der Waals surface area contributed by atoms with Crippen molar-refractivity contribution in [3.63, 3.8) is 0 Å². The second kappa shape index (κ2) is 4.76. The molecular weight excluding hydrogens is 252 g/mol. The number of para-hydroxylation sites is 1. The van der Waals surface area contributed by atoms with Gasteiger partial charge in [0.05, 0.1) is 11.6 Å². The van der Waals surface area contributed by atoms with Crippen molar-refractivity contribution in [3.8, 4) is 0 Å². The molecule has 2 N–H and O–H groups in total. The van der Waals surface area contributed by atoms with E-state index < -0.39 is 0 Å². The number of fused-ring (bicyclic) bond motifs is 1. The average Bonchev–Trinajstić information content (AvgIpc) is 2.83. The molecule has 0 aliphatic carbocycles. The maximum Gasteiger partial charge on any atom is 0.0708 e. The van der Waals surface area contributed by atoms with Crippen molar-refractivity contribution in [1.29, 1.82) is 0 Å². The summed E-state index contributed by atoms with van der Waals surface area (Å²) in [5, 5.41) is 3.24. The first-order chi connectivity index (χ1) is 9.16. The van der Waals surface area contributed by atoms with Gasteiger partial charge in [-0.15, -0.1) is 11.3 Å². The second-order valence-corrected chi connectivity index (χ2v) is 5.76. The first-order valence-corrected chi connectivity index (χ1v) is 7.20. The Morgan fingerprint density at radius 3 is 2.68 bits per heavy atom. The summed E-state index contributed by atoms with van der Waals surface area (Å²) >= 11 is 1.72. The zero-order valence-electron chi connectivity index (χ0n) is 11.1. The van der Waals surface area contributed by atoms with E-state index in [1.54, 1.807) is 11.3 Å². The number of hydrogen-bond donors (Lipinski definition) is 1. The third kappa shape index (κ3) is 2.15. The Bertz CT molecular complexity index is 730. The summed E-state index contributed by atoms with van der Waals surface area (Å²) in [5.41, 5.74) is 10.9. The lowest BCUT2D eigenvalue weighted by Gasteiger charge is -2.15. The molecule has 0 radical (unpaired) electrons. The molecule has 0 fully saturated rings. The predicted molar refractivity (Wildman–Crippen MR) is 81.6 cm³/mol. The van der Waals surface area contributed by atoms with Gasteiger partial charge in [0.15, 0.2) is 0 Å². The first-order valence-electron chi connectivity index (χ1n) is 6.32. The minimum Gasteiger partial charge on any atom is -0.320 e.